The molecule has 0 N–H and O–H groups in total. The lowest BCUT2D eigenvalue weighted by Gasteiger charge is -2.11. The van der Waals surface area contributed by atoms with Crippen molar-refractivity contribution < 1.29 is 22.0 Å². The first-order chi connectivity index (χ1) is 15.6. The zero-order chi connectivity index (χ0) is 23.8. The number of nitrogens with zero attached hydrogens (tertiary/aromatic N) is 4. The van der Waals surface area contributed by atoms with Gasteiger partial charge in [0.15, 0.2) is 0 Å². The number of allylic oxidation sites excluding steroid dienone is 2. The molecule has 1 aliphatic rings. The molecule has 2 aromatic heterocycles. The summed E-state index contributed by atoms with van der Waals surface area (Å²) in [5, 5.41) is 16.8. The number of alkyl halides is 3. The molecule has 0 unspecified atom stereocenters. The minimum Gasteiger partial charge on any atom is -0.416 e. The molecule has 176 valence electrons. The molecule has 1 aliphatic carbocycles. The van der Waals surface area contributed by atoms with Gasteiger partial charge in [-0.25, -0.2) is 0 Å². The van der Waals surface area contributed by atoms with Crippen molar-refractivity contribution in [1.82, 2.24) is 20.4 Å². The van der Waals surface area contributed by atoms with Crippen LogP contribution in [0.5, 0.6) is 0 Å². The van der Waals surface area contributed by atoms with E-state index >= 15 is 0 Å². The highest BCUT2D eigenvalue weighted by molar-refractivity contribution is 7.98. The maximum absolute atomic E-state index is 13.1. The molecule has 0 spiro atoms. The first-order valence-electron chi connectivity index (χ1n) is 10.3. The van der Waals surface area contributed by atoms with E-state index in [1.807, 2.05) is 0 Å². The van der Waals surface area contributed by atoms with E-state index in [0.29, 0.717) is 28.7 Å². The number of thioether (sulfide) groups is 2. The summed E-state index contributed by atoms with van der Waals surface area (Å²) in [4.78, 5) is 0. The Morgan fingerprint density at radius 2 is 1.67 bits per heavy atom. The summed E-state index contributed by atoms with van der Waals surface area (Å²) in [6.45, 7) is 8.52. The lowest BCUT2D eigenvalue weighted by Crippen LogP contribution is -2.08. The van der Waals surface area contributed by atoms with E-state index in [1.165, 1.54) is 29.5 Å². The molecule has 0 amide bonds. The van der Waals surface area contributed by atoms with Gasteiger partial charge in [0.05, 0.1) is 11.3 Å². The van der Waals surface area contributed by atoms with Gasteiger partial charge in [0.2, 0.25) is 11.8 Å². The summed E-state index contributed by atoms with van der Waals surface area (Å²) in [7, 11) is 0. The fourth-order valence-electron chi connectivity index (χ4n) is 3.76. The molecular weight excluding hydrogens is 473 g/mol. The third kappa shape index (κ3) is 5.46. The number of benzene rings is 1. The van der Waals surface area contributed by atoms with Crippen LogP contribution in [0.4, 0.5) is 13.2 Å². The van der Waals surface area contributed by atoms with Gasteiger partial charge in [-0.15, -0.1) is 20.4 Å². The van der Waals surface area contributed by atoms with Crippen LogP contribution < -0.4 is 0 Å². The van der Waals surface area contributed by atoms with Crippen LogP contribution in [0, 0.1) is 11.3 Å². The van der Waals surface area contributed by atoms with Crippen LogP contribution in [-0.4, -0.2) is 20.4 Å². The predicted molar refractivity (Wildman–Crippen MR) is 119 cm³/mol. The molecule has 2 heterocycles. The standard InChI is InChI=1S/C22H23F3N4O2S2/c1-12(2)9-15-17(21(15,3)4)18-27-29-20(31-18)33-11-16-26-28-19(30-16)32-10-13-7-5-6-8-14(13)22(23,24)25/h5-9,15,17H,10-11H2,1-4H3/t15-,17+/m1/s1. The molecule has 4 rings (SSSR count). The molecule has 2 atom stereocenters. The maximum atomic E-state index is 13.1. The van der Waals surface area contributed by atoms with Crippen LogP contribution in [0.1, 0.15) is 56.5 Å². The fraction of sp³-hybridized carbons (Fsp3) is 0.455. The van der Waals surface area contributed by atoms with Gasteiger partial charge in [-0.3, -0.25) is 0 Å². The van der Waals surface area contributed by atoms with Crippen molar-refractivity contribution in [3.05, 3.63) is 58.8 Å². The van der Waals surface area contributed by atoms with E-state index in [0.717, 1.165) is 17.8 Å². The summed E-state index contributed by atoms with van der Waals surface area (Å²) in [6.07, 6.45) is -2.16. The van der Waals surface area contributed by atoms with Crippen molar-refractivity contribution in [2.24, 2.45) is 11.3 Å². The average Bonchev–Trinajstić information content (AvgIpc) is 3.16. The van der Waals surface area contributed by atoms with Crippen molar-refractivity contribution >= 4 is 23.5 Å². The predicted octanol–water partition coefficient (Wildman–Crippen LogP) is 6.76. The van der Waals surface area contributed by atoms with Crippen LogP contribution >= 0.6 is 23.5 Å². The second kappa shape index (κ2) is 9.17. The summed E-state index contributed by atoms with van der Waals surface area (Å²) in [6, 6.07) is 5.45. The Morgan fingerprint density at radius 3 is 2.39 bits per heavy atom. The summed E-state index contributed by atoms with van der Waals surface area (Å²) < 4.78 is 50.8. The Labute approximate surface area is 197 Å². The van der Waals surface area contributed by atoms with E-state index in [9.17, 15) is 13.2 Å². The highest BCUT2D eigenvalue weighted by Crippen LogP contribution is 2.65. The average molecular weight is 497 g/mol. The van der Waals surface area contributed by atoms with Crippen LogP contribution in [0.3, 0.4) is 0 Å². The van der Waals surface area contributed by atoms with Crippen LogP contribution in [-0.2, 0) is 17.7 Å². The van der Waals surface area contributed by atoms with E-state index < -0.39 is 11.7 Å². The SMILES string of the molecule is CC(C)=C[C@@H]1[C@@H](c2nnc(SCc3nnc(SCc4ccccc4C(F)(F)F)o3)o2)C1(C)C. The number of hydrogen-bond donors (Lipinski definition) is 0. The number of aromatic nitrogens is 4. The fourth-order valence-corrected chi connectivity index (χ4v) is 5.16. The summed E-state index contributed by atoms with van der Waals surface area (Å²) >= 11 is 2.34. The molecule has 6 nitrogen and oxygen atoms in total. The third-order valence-electron chi connectivity index (χ3n) is 5.55. The topological polar surface area (TPSA) is 77.8 Å². The second-order valence-corrected chi connectivity index (χ2v) is 10.5. The summed E-state index contributed by atoms with van der Waals surface area (Å²) in [5.74, 6) is 1.91. The Kier molecular flexibility index (Phi) is 6.63. The first kappa shape index (κ1) is 23.9. The van der Waals surface area contributed by atoms with E-state index in [-0.39, 0.29) is 27.9 Å². The monoisotopic (exact) mass is 496 g/mol. The van der Waals surface area contributed by atoms with E-state index in [2.05, 4.69) is 54.2 Å². The highest BCUT2D eigenvalue weighted by Gasteiger charge is 2.60. The Hall–Kier alpha value is -2.27. The van der Waals surface area contributed by atoms with Crippen molar-refractivity contribution in [1.29, 1.82) is 0 Å². The second-order valence-electron chi connectivity index (χ2n) is 8.67. The quantitative estimate of drug-likeness (QED) is 0.250. The number of rotatable bonds is 8. The molecule has 1 saturated carbocycles. The molecule has 1 fully saturated rings. The third-order valence-corrected chi connectivity index (χ3v) is 7.22. The van der Waals surface area contributed by atoms with E-state index in [1.54, 1.807) is 6.07 Å². The van der Waals surface area contributed by atoms with Gasteiger partial charge in [-0.2, -0.15) is 13.2 Å². The van der Waals surface area contributed by atoms with Gasteiger partial charge in [-0.1, -0.05) is 67.2 Å². The molecular formula is C22H23F3N4O2S2. The molecule has 0 bridgehead atoms. The van der Waals surface area contributed by atoms with E-state index in [4.69, 9.17) is 8.83 Å². The number of halogens is 3. The van der Waals surface area contributed by atoms with Crippen LogP contribution in [0.15, 0.2) is 55.2 Å². The Morgan fingerprint density at radius 1 is 1.00 bits per heavy atom. The zero-order valence-corrected chi connectivity index (χ0v) is 20.1. The van der Waals surface area contributed by atoms with Crippen molar-refractivity contribution in [2.45, 2.75) is 61.7 Å². The van der Waals surface area contributed by atoms with Gasteiger partial charge < -0.3 is 8.83 Å². The number of hydrogen-bond acceptors (Lipinski definition) is 8. The molecule has 0 saturated heterocycles. The van der Waals surface area contributed by atoms with Crippen molar-refractivity contribution in [2.75, 3.05) is 0 Å². The molecule has 33 heavy (non-hydrogen) atoms. The summed E-state index contributed by atoms with van der Waals surface area (Å²) in [5.41, 5.74) is 0.842. The van der Waals surface area contributed by atoms with Gasteiger partial charge in [-0.05, 0) is 36.8 Å². The van der Waals surface area contributed by atoms with Crippen molar-refractivity contribution in [3.63, 3.8) is 0 Å². The molecule has 3 aromatic rings. The van der Waals surface area contributed by atoms with Gasteiger partial charge in [0.25, 0.3) is 10.4 Å². The van der Waals surface area contributed by atoms with Crippen molar-refractivity contribution in [3.8, 4) is 0 Å². The van der Waals surface area contributed by atoms with Crippen LogP contribution in [0.2, 0.25) is 0 Å². The van der Waals surface area contributed by atoms with Gasteiger partial charge in [0, 0.05) is 11.7 Å². The molecule has 1 aromatic carbocycles. The normalized spacial score (nSPS) is 19.5. The lowest BCUT2D eigenvalue weighted by molar-refractivity contribution is -0.138. The lowest BCUT2D eigenvalue weighted by atomic mass is 10.1. The Bertz CT molecular complexity index is 1150. The minimum atomic E-state index is -4.40. The van der Waals surface area contributed by atoms with Crippen LogP contribution in [0.25, 0.3) is 0 Å². The molecule has 11 heteroatoms. The largest absolute Gasteiger partial charge is 0.416 e. The zero-order valence-electron chi connectivity index (χ0n) is 18.5. The minimum absolute atomic E-state index is 0.0709. The van der Waals surface area contributed by atoms with Gasteiger partial charge >= 0.3 is 6.18 Å². The molecule has 0 radical (unpaired) electrons. The molecule has 0 aliphatic heterocycles. The highest BCUT2D eigenvalue weighted by atomic mass is 32.2. The smallest absolute Gasteiger partial charge is 0.416 e. The first-order valence-corrected chi connectivity index (χ1v) is 12.2. The van der Waals surface area contributed by atoms with Gasteiger partial charge in [0.1, 0.15) is 0 Å². The maximum Gasteiger partial charge on any atom is 0.416 e. The Balaban J connectivity index is 1.32.